The molecule has 1 heterocycles. The van der Waals surface area contributed by atoms with Gasteiger partial charge in [0.2, 0.25) is 0 Å². The van der Waals surface area contributed by atoms with Crippen molar-refractivity contribution in [2.75, 3.05) is 4.72 Å². The second-order valence-corrected chi connectivity index (χ2v) is 5.53. The molecule has 0 saturated heterocycles. The minimum absolute atomic E-state index is 0.150. The Morgan fingerprint density at radius 2 is 2.13 bits per heavy atom. The number of pyridine rings is 1. The molecule has 1 aromatic heterocycles. The molecule has 0 bridgehead atoms. The molecule has 0 unspecified atom stereocenters. The summed E-state index contributed by atoms with van der Waals surface area (Å²) in [5, 5.41) is 0. The third-order valence-corrected chi connectivity index (χ3v) is 3.31. The van der Waals surface area contributed by atoms with E-state index < -0.39 is 10.2 Å². The van der Waals surface area contributed by atoms with Gasteiger partial charge in [-0.15, -0.1) is 0 Å². The lowest BCUT2D eigenvalue weighted by Gasteiger charge is -2.12. The summed E-state index contributed by atoms with van der Waals surface area (Å²) in [5.41, 5.74) is 0.457. The molecule has 0 aliphatic heterocycles. The molecule has 7 heteroatoms. The van der Waals surface area contributed by atoms with Crippen LogP contribution in [0.25, 0.3) is 0 Å². The van der Waals surface area contributed by atoms with Crippen molar-refractivity contribution in [3.05, 3.63) is 22.9 Å². The Bertz CT molecular complexity index is 433. The van der Waals surface area contributed by atoms with Gasteiger partial charge in [-0.25, -0.2) is 0 Å². The standard InChI is InChI=1S/C8H12BrN3O2S/c1-6(2)11-15(13,14)12-8-3-4-10-5-7(8)9/h3-6,11H,1-2H3,(H,10,12). The fourth-order valence-electron chi connectivity index (χ4n) is 0.942. The summed E-state index contributed by atoms with van der Waals surface area (Å²) in [6.45, 7) is 3.50. The number of anilines is 1. The van der Waals surface area contributed by atoms with Gasteiger partial charge in [0, 0.05) is 18.4 Å². The maximum absolute atomic E-state index is 11.5. The molecule has 0 atom stereocenters. The lowest BCUT2D eigenvalue weighted by molar-refractivity contribution is 0.575. The lowest BCUT2D eigenvalue weighted by atomic mass is 10.4. The highest BCUT2D eigenvalue weighted by Crippen LogP contribution is 2.20. The van der Waals surface area contributed by atoms with Crippen molar-refractivity contribution in [2.24, 2.45) is 0 Å². The van der Waals surface area contributed by atoms with Gasteiger partial charge in [0.1, 0.15) is 0 Å². The Kier molecular flexibility index (Phi) is 4.06. The number of rotatable bonds is 4. The third kappa shape index (κ3) is 4.15. The molecule has 0 aliphatic rings. The van der Waals surface area contributed by atoms with Crippen molar-refractivity contribution < 1.29 is 8.42 Å². The van der Waals surface area contributed by atoms with Gasteiger partial charge in [-0.2, -0.15) is 13.1 Å². The Morgan fingerprint density at radius 1 is 1.47 bits per heavy atom. The highest BCUT2D eigenvalue weighted by molar-refractivity contribution is 9.10. The molecule has 0 radical (unpaired) electrons. The second-order valence-electron chi connectivity index (χ2n) is 3.23. The molecule has 0 amide bonds. The zero-order valence-electron chi connectivity index (χ0n) is 8.36. The summed E-state index contributed by atoms with van der Waals surface area (Å²) >= 11 is 3.20. The molecule has 15 heavy (non-hydrogen) atoms. The Balaban J connectivity index is 2.83. The third-order valence-electron chi connectivity index (χ3n) is 1.41. The van der Waals surface area contributed by atoms with E-state index in [0.29, 0.717) is 10.2 Å². The SMILES string of the molecule is CC(C)NS(=O)(=O)Nc1ccncc1Br. The first-order chi connectivity index (χ1) is 6.91. The number of aromatic nitrogens is 1. The second kappa shape index (κ2) is 4.91. The van der Waals surface area contributed by atoms with Crippen molar-refractivity contribution >= 4 is 31.8 Å². The highest BCUT2D eigenvalue weighted by atomic mass is 79.9. The molecule has 0 spiro atoms. The van der Waals surface area contributed by atoms with E-state index in [4.69, 9.17) is 0 Å². The molecule has 0 saturated carbocycles. The molecule has 5 nitrogen and oxygen atoms in total. The first kappa shape index (κ1) is 12.4. The number of halogens is 1. The highest BCUT2D eigenvalue weighted by Gasteiger charge is 2.12. The van der Waals surface area contributed by atoms with Crippen molar-refractivity contribution in [1.82, 2.24) is 9.71 Å². The number of hydrogen-bond acceptors (Lipinski definition) is 3. The van der Waals surface area contributed by atoms with Crippen LogP contribution in [0.5, 0.6) is 0 Å². The van der Waals surface area contributed by atoms with Gasteiger partial charge < -0.3 is 0 Å². The van der Waals surface area contributed by atoms with Gasteiger partial charge in [-0.3, -0.25) is 9.71 Å². The Labute approximate surface area is 97.6 Å². The smallest absolute Gasteiger partial charge is 0.270 e. The van der Waals surface area contributed by atoms with E-state index in [1.165, 1.54) is 12.4 Å². The maximum Gasteiger partial charge on any atom is 0.299 e. The molecule has 0 aromatic carbocycles. The van der Waals surface area contributed by atoms with E-state index in [1.807, 2.05) is 0 Å². The van der Waals surface area contributed by atoms with Crippen LogP contribution in [0.4, 0.5) is 5.69 Å². The zero-order chi connectivity index (χ0) is 11.5. The average Bonchev–Trinajstić information content (AvgIpc) is 2.06. The topological polar surface area (TPSA) is 71.1 Å². The monoisotopic (exact) mass is 293 g/mol. The van der Waals surface area contributed by atoms with Gasteiger partial charge in [-0.05, 0) is 35.8 Å². The van der Waals surface area contributed by atoms with E-state index in [9.17, 15) is 8.42 Å². The molecular formula is C8H12BrN3O2S. The summed E-state index contributed by atoms with van der Waals surface area (Å²) in [4.78, 5) is 3.83. The fraction of sp³-hybridized carbons (Fsp3) is 0.375. The average molecular weight is 294 g/mol. The summed E-state index contributed by atoms with van der Waals surface area (Å²) in [5.74, 6) is 0. The zero-order valence-corrected chi connectivity index (χ0v) is 10.8. The molecule has 84 valence electrons. The summed E-state index contributed by atoms with van der Waals surface area (Å²) < 4.78 is 28.4. The summed E-state index contributed by atoms with van der Waals surface area (Å²) in [6, 6.07) is 1.42. The van der Waals surface area contributed by atoms with E-state index in [-0.39, 0.29) is 6.04 Å². The van der Waals surface area contributed by atoms with Gasteiger partial charge >= 0.3 is 0 Å². The van der Waals surface area contributed by atoms with Crippen LogP contribution in [0.1, 0.15) is 13.8 Å². The van der Waals surface area contributed by atoms with E-state index >= 15 is 0 Å². The van der Waals surface area contributed by atoms with Crippen LogP contribution in [0.15, 0.2) is 22.9 Å². The van der Waals surface area contributed by atoms with Crippen LogP contribution < -0.4 is 9.44 Å². The lowest BCUT2D eigenvalue weighted by Crippen LogP contribution is -2.35. The predicted octanol–water partition coefficient (Wildman–Crippen LogP) is 1.50. The van der Waals surface area contributed by atoms with Crippen molar-refractivity contribution in [1.29, 1.82) is 0 Å². The van der Waals surface area contributed by atoms with Gasteiger partial charge in [0.25, 0.3) is 10.2 Å². The molecule has 1 aromatic rings. The maximum atomic E-state index is 11.5. The normalized spacial score (nSPS) is 11.7. The number of hydrogen-bond donors (Lipinski definition) is 2. The molecule has 0 aliphatic carbocycles. The van der Waals surface area contributed by atoms with Crippen LogP contribution in [-0.4, -0.2) is 19.4 Å². The van der Waals surface area contributed by atoms with E-state index in [1.54, 1.807) is 19.9 Å². The Morgan fingerprint density at radius 3 is 2.67 bits per heavy atom. The first-order valence-corrected chi connectivity index (χ1v) is 6.58. The largest absolute Gasteiger partial charge is 0.299 e. The van der Waals surface area contributed by atoms with Crippen molar-refractivity contribution in [3.8, 4) is 0 Å². The van der Waals surface area contributed by atoms with Gasteiger partial charge in [0.15, 0.2) is 0 Å². The number of nitrogens with zero attached hydrogens (tertiary/aromatic N) is 1. The van der Waals surface area contributed by atoms with Crippen LogP contribution >= 0.6 is 15.9 Å². The molecule has 0 fully saturated rings. The molecular weight excluding hydrogens is 282 g/mol. The Hall–Kier alpha value is -0.660. The van der Waals surface area contributed by atoms with Crippen molar-refractivity contribution in [3.63, 3.8) is 0 Å². The fourth-order valence-corrected chi connectivity index (χ4v) is 2.57. The number of nitrogens with one attached hydrogen (secondary N) is 2. The summed E-state index contributed by atoms with van der Waals surface area (Å²) in [6.07, 6.45) is 3.03. The summed E-state index contributed by atoms with van der Waals surface area (Å²) in [7, 11) is -3.51. The van der Waals surface area contributed by atoms with Crippen LogP contribution in [0.3, 0.4) is 0 Å². The molecule has 2 N–H and O–H groups in total. The minimum atomic E-state index is -3.51. The predicted molar refractivity (Wildman–Crippen MR) is 62.8 cm³/mol. The van der Waals surface area contributed by atoms with Gasteiger partial charge in [-0.1, -0.05) is 0 Å². The van der Waals surface area contributed by atoms with Crippen LogP contribution in [0, 0.1) is 0 Å². The van der Waals surface area contributed by atoms with Crippen LogP contribution in [0.2, 0.25) is 0 Å². The minimum Gasteiger partial charge on any atom is -0.270 e. The molecule has 1 rings (SSSR count). The quantitative estimate of drug-likeness (QED) is 0.884. The van der Waals surface area contributed by atoms with Crippen LogP contribution in [-0.2, 0) is 10.2 Å². The van der Waals surface area contributed by atoms with E-state index in [0.717, 1.165) is 0 Å². The van der Waals surface area contributed by atoms with Crippen molar-refractivity contribution in [2.45, 2.75) is 19.9 Å². The van der Waals surface area contributed by atoms with E-state index in [2.05, 4.69) is 30.4 Å². The van der Waals surface area contributed by atoms with Gasteiger partial charge in [0.05, 0.1) is 10.2 Å². The first-order valence-electron chi connectivity index (χ1n) is 4.30.